The minimum Gasteiger partial charge on any atom is -0.493 e. The van der Waals surface area contributed by atoms with Gasteiger partial charge in [-0.25, -0.2) is 4.39 Å². The highest BCUT2D eigenvalue weighted by Gasteiger charge is 2.31. The lowest BCUT2D eigenvalue weighted by Crippen LogP contribution is -2.44. The number of methoxy groups -OCH3 is 2. The molecule has 0 spiro atoms. The predicted molar refractivity (Wildman–Crippen MR) is 134 cm³/mol. The molecular formula is C25H24FN3O5S. The zero-order valence-corrected chi connectivity index (χ0v) is 20.0. The molecule has 1 atom stereocenters. The van der Waals surface area contributed by atoms with Gasteiger partial charge in [0, 0.05) is 24.4 Å². The van der Waals surface area contributed by atoms with E-state index in [0.29, 0.717) is 41.0 Å². The molecule has 0 saturated heterocycles. The zero-order chi connectivity index (χ0) is 24.9. The van der Waals surface area contributed by atoms with Crippen LogP contribution in [0.1, 0.15) is 17.2 Å². The van der Waals surface area contributed by atoms with E-state index in [4.69, 9.17) is 26.4 Å². The summed E-state index contributed by atoms with van der Waals surface area (Å²) in [5, 5.41) is 14.6. The lowest BCUT2D eigenvalue weighted by Gasteiger charge is -2.39. The molecule has 182 valence electrons. The van der Waals surface area contributed by atoms with Crippen molar-refractivity contribution in [3.63, 3.8) is 0 Å². The van der Waals surface area contributed by atoms with Gasteiger partial charge in [-0.2, -0.15) is 0 Å². The molecular weight excluding hydrogens is 473 g/mol. The third kappa shape index (κ3) is 5.43. The van der Waals surface area contributed by atoms with E-state index in [9.17, 15) is 14.5 Å². The first kappa shape index (κ1) is 24.2. The molecule has 35 heavy (non-hydrogen) atoms. The topological polar surface area (TPSA) is 86.1 Å². The van der Waals surface area contributed by atoms with Gasteiger partial charge in [-0.1, -0.05) is 0 Å². The van der Waals surface area contributed by atoms with Gasteiger partial charge in [0.25, 0.3) is 5.69 Å². The van der Waals surface area contributed by atoms with Crippen molar-refractivity contribution in [1.82, 2.24) is 4.90 Å². The summed E-state index contributed by atoms with van der Waals surface area (Å²) in [4.78, 5) is 12.5. The summed E-state index contributed by atoms with van der Waals surface area (Å²) in [7, 11) is 3.17. The average molecular weight is 498 g/mol. The van der Waals surface area contributed by atoms with Crippen LogP contribution in [-0.2, 0) is 6.42 Å². The number of rotatable bonds is 7. The highest BCUT2D eigenvalue weighted by molar-refractivity contribution is 7.80. The Morgan fingerprint density at radius 3 is 2.40 bits per heavy atom. The Morgan fingerprint density at radius 2 is 1.77 bits per heavy atom. The van der Waals surface area contributed by atoms with Crippen LogP contribution in [0.25, 0.3) is 0 Å². The molecule has 0 fully saturated rings. The van der Waals surface area contributed by atoms with Crippen LogP contribution in [0.4, 0.5) is 15.8 Å². The lowest BCUT2D eigenvalue weighted by atomic mass is 9.92. The number of hydrogen-bond acceptors (Lipinski definition) is 6. The van der Waals surface area contributed by atoms with Crippen molar-refractivity contribution in [2.45, 2.75) is 12.5 Å². The van der Waals surface area contributed by atoms with Crippen molar-refractivity contribution in [2.24, 2.45) is 0 Å². The number of fused-ring (bicyclic) bond motifs is 1. The smallest absolute Gasteiger partial charge is 0.269 e. The number of benzene rings is 3. The molecule has 0 aliphatic carbocycles. The Kier molecular flexibility index (Phi) is 7.31. The Morgan fingerprint density at radius 1 is 1.11 bits per heavy atom. The van der Waals surface area contributed by atoms with Gasteiger partial charge in [-0.05, 0) is 78.3 Å². The fraction of sp³-hybridized carbons (Fsp3) is 0.240. The third-order valence-electron chi connectivity index (χ3n) is 5.81. The van der Waals surface area contributed by atoms with E-state index in [1.54, 1.807) is 38.5 Å². The molecule has 0 saturated carbocycles. The van der Waals surface area contributed by atoms with Gasteiger partial charge in [0.05, 0.1) is 25.2 Å². The van der Waals surface area contributed by atoms with Crippen LogP contribution < -0.4 is 19.5 Å². The molecule has 0 amide bonds. The molecule has 1 aliphatic heterocycles. The number of nitro groups is 1. The Hall–Kier alpha value is -3.92. The lowest BCUT2D eigenvalue weighted by molar-refractivity contribution is -0.384. The number of halogens is 1. The largest absolute Gasteiger partial charge is 0.493 e. The first-order valence-electron chi connectivity index (χ1n) is 10.8. The summed E-state index contributed by atoms with van der Waals surface area (Å²) in [6.45, 7) is 0.856. The minimum absolute atomic E-state index is 0.0000140. The van der Waals surface area contributed by atoms with E-state index in [2.05, 4.69) is 5.32 Å². The number of ether oxygens (including phenoxy) is 3. The summed E-state index contributed by atoms with van der Waals surface area (Å²) in [5.41, 5.74) is 2.70. The molecule has 0 radical (unpaired) electrons. The van der Waals surface area contributed by atoms with Gasteiger partial charge in [-0.3, -0.25) is 10.1 Å². The monoisotopic (exact) mass is 497 g/mol. The maximum atomic E-state index is 13.3. The highest BCUT2D eigenvalue weighted by Crippen LogP contribution is 2.38. The summed E-state index contributed by atoms with van der Waals surface area (Å²) in [6.07, 6.45) is 0.713. The third-order valence-corrected chi connectivity index (χ3v) is 6.15. The van der Waals surface area contributed by atoms with Crippen LogP contribution in [-0.4, -0.2) is 42.3 Å². The first-order valence-corrected chi connectivity index (χ1v) is 11.3. The molecule has 1 aliphatic rings. The maximum absolute atomic E-state index is 13.3. The molecule has 0 aromatic heterocycles. The highest BCUT2D eigenvalue weighted by atomic mass is 32.1. The molecule has 1 N–H and O–H groups in total. The summed E-state index contributed by atoms with van der Waals surface area (Å²) in [5.74, 6) is 1.43. The van der Waals surface area contributed by atoms with Crippen molar-refractivity contribution in [3.8, 4) is 17.2 Å². The van der Waals surface area contributed by atoms with E-state index in [-0.39, 0.29) is 24.2 Å². The van der Waals surface area contributed by atoms with E-state index in [0.717, 1.165) is 11.1 Å². The Balaban J connectivity index is 1.62. The summed E-state index contributed by atoms with van der Waals surface area (Å²) < 4.78 is 30.3. The number of nitrogens with zero attached hydrogens (tertiary/aromatic N) is 2. The SMILES string of the molecule is COc1cc2c(cc1OC)[C@H](COc1ccc(F)cc1)N(C(=S)Nc1ccc([N+](=O)[O-])cc1)CC2. The van der Waals surface area contributed by atoms with Crippen LogP contribution >= 0.6 is 12.2 Å². The minimum atomic E-state index is -0.450. The van der Waals surface area contributed by atoms with Crippen LogP contribution in [0.2, 0.25) is 0 Å². The van der Waals surface area contributed by atoms with Crippen LogP contribution in [0.3, 0.4) is 0 Å². The average Bonchev–Trinajstić information content (AvgIpc) is 2.87. The first-order chi connectivity index (χ1) is 16.9. The molecule has 0 unspecified atom stereocenters. The van der Waals surface area contributed by atoms with Crippen molar-refractivity contribution >= 4 is 28.7 Å². The van der Waals surface area contributed by atoms with Crippen molar-refractivity contribution < 1.29 is 23.5 Å². The maximum Gasteiger partial charge on any atom is 0.269 e. The van der Waals surface area contributed by atoms with Crippen molar-refractivity contribution in [2.75, 3.05) is 32.7 Å². The fourth-order valence-corrected chi connectivity index (χ4v) is 4.36. The molecule has 3 aromatic carbocycles. The normalized spacial score (nSPS) is 14.6. The van der Waals surface area contributed by atoms with E-state index in [1.807, 2.05) is 17.0 Å². The second kappa shape index (κ2) is 10.6. The van der Waals surface area contributed by atoms with Gasteiger partial charge < -0.3 is 24.4 Å². The van der Waals surface area contributed by atoms with Crippen molar-refractivity contribution in [3.05, 3.63) is 87.7 Å². The number of nitrogens with one attached hydrogen (secondary N) is 1. The zero-order valence-electron chi connectivity index (χ0n) is 19.2. The van der Waals surface area contributed by atoms with Crippen molar-refractivity contribution in [1.29, 1.82) is 0 Å². The van der Waals surface area contributed by atoms with E-state index >= 15 is 0 Å². The summed E-state index contributed by atoms with van der Waals surface area (Å²) in [6, 6.07) is 15.5. The molecule has 3 aromatic rings. The number of hydrogen-bond donors (Lipinski definition) is 1. The molecule has 1 heterocycles. The number of nitro benzene ring substituents is 1. The van der Waals surface area contributed by atoms with Crippen LogP contribution in [0.15, 0.2) is 60.7 Å². The molecule has 10 heteroatoms. The number of anilines is 1. The standard InChI is InChI=1S/C25H24FN3O5S/c1-32-23-13-16-11-12-28(25(35)27-18-5-7-19(8-6-18)29(30)31)22(21(16)14-24(23)33-2)15-34-20-9-3-17(26)4-10-20/h3-10,13-14,22H,11-12,15H2,1-2H3,(H,27,35)/t22-/m0/s1. The van der Waals surface area contributed by atoms with Gasteiger partial charge in [0.15, 0.2) is 16.6 Å². The number of non-ortho nitro benzene ring substituents is 1. The van der Waals surface area contributed by atoms with Gasteiger partial charge >= 0.3 is 0 Å². The van der Waals surface area contributed by atoms with Gasteiger partial charge in [-0.15, -0.1) is 0 Å². The number of thiocarbonyl (C=S) groups is 1. The van der Waals surface area contributed by atoms with Gasteiger partial charge in [0.2, 0.25) is 0 Å². The molecule has 8 nitrogen and oxygen atoms in total. The summed E-state index contributed by atoms with van der Waals surface area (Å²) >= 11 is 5.72. The van der Waals surface area contributed by atoms with Gasteiger partial charge in [0.1, 0.15) is 18.2 Å². The van der Waals surface area contributed by atoms with E-state index in [1.165, 1.54) is 24.3 Å². The van der Waals surface area contributed by atoms with E-state index < -0.39 is 4.92 Å². The Bertz CT molecular complexity index is 1220. The fourth-order valence-electron chi connectivity index (χ4n) is 4.02. The second-order valence-corrected chi connectivity index (χ2v) is 8.25. The predicted octanol–water partition coefficient (Wildman–Crippen LogP) is 5.13. The molecule has 0 bridgehead atoms. The quantitative estimate of drug-likeness (QED) is 0.273. The Labute approximate surface area is 207 Å². The van der Waals surface area contributed by atoms with Crippen LogP contribution in [0.5, 0.6) is 17.2 Å². The van der Waals surface area contributed by atoms with Crippen LogP contribution in [0, 0.1) is 15.9 Å². The second-order valence-electron chi connectivity index (χ2n) is 7.86. The molecule has 4 rings (SSSR count).